The maximum absolute atomic E-state index is 10.4. The zero-order chi connectivity index (χ0) is 9.14. The molecule has 1 aromatic rings. The minimum absolute atomic E-state index is 0.0681. The number of hydrogen-bond acceptors (Lipinski definition) is 3. The van der Waals surface area contributed by atoms with Gasteiger partial charge in [-0.05, 0) is 0 Å². The summed E-state index contributed by atoms with van der Waals surface area (Å²) in [6, 6.07) is 0. The van der Waals surface area contributed by atoms with Gasteiger partial charge in [-0.15, -0.1) is 0 Å². The third-order valence-electron chi connectivity index (χ3n) is 1.54. The van der Waals surface area contributed by atoms with Crippen molar-refractivity contribution in [2.45, 2.75) is 18.8 Å². The van der Waals surface area contributed by atoms with E-state index in [-0.39, 0.29) is 5.82 Å². The minimum atomic E-state index is -0.414. The molecule has 0 aliphatic heterocycles. The molecule has 66 valence electrons. The zero-order valence-electron chi connectivity index (χ0n) is 6.60. The molecule has 0 atom stereocenters. The van der Waals surface area contributed by atoms with Gasteiger partial charge in [0, 0.05) is 0 Å². The Hall–Kier alpha value is -0.871. The number of nitro groups is 1. The normalized spacial score (nSPS) is 10.2. The molecular formula is C6H9N3O2Se. The average Bonchev–Trinajstić information content (AvgIpc) is 2.34. The van der Waals surface area contributed by atoms with Gasteiger partial charge in [-0.3, -0.25) is 0 Å². The second kappa shape index (κ2) is 3.69. The summed E-state index contributed by atoms with van der Waals surface area (Å²) in [5.41, 5.74) is 0. The van der Waals surface area contributed by atoms with Gasteiger partial charge in [-0.1, -0.05) is 0 Å². The van der Waals surface area contributed by atoms with Crippen LogP contribution in [-0.4, -0.2) is 30.5 Å². The molecule has 0 aliphatic carbocycles. The zero-order valence-corrected chi connectivity index (χ0v) is 8.47. The van der Waals surface area contributed by atoms with Crippen LogP contribution < -0.4 is 0 Å². The molecule has 0 N–H and O–H groups in total. The molecule has 0 saturated carbocycles. The maximum atomic E-state index is 10.4. The first kappa shape index (κ1) is 9.22. The van der Waals surface area contributed by atoms with E-state index < -0.39 is 4.92 Å². The predicted molar refractivity (Wildman–Crippen MR) is 45.6 cm³/mol. The number of rotatable bonds is 3. The Morgan fingerprint density at radius 2 is 2.50 bits per heavy atom. The number of nitrogens with zero attached hydrogens (tertiary/aromatic N) is 3. The molecular weight excluding hydrogens is 225 g/mol. The van der Waals surface area contributed by atoms with Gasteiger partial charge in [-0.2, -0.15) is 0 Å². The second-order valence-corrected chi connectivity index (χ2v) is 3.23. The number of imidazole rings is 1. The molecule has 0 saturated heterocycles. The fraction of sp³-hybridized carbons (Fsp3) is 0.500. The van der Waals surface area contributed by atoms with Crippen molar-refractivity contribution < 1.29 is 4.92 Å². The van der Waals surface area contributed by atoms with E-state index >= 15 is 0 Å². The predicted octanol–water partition coefficient (Wildman–Crippen LogP) is 0.419. The summed E-state index contributed by atoms with van der Waals surface area (Å²) in [6.45, 7) is 2.39. The van der Waals surface area contributed by atoms with Crippen molar-refractivity contribution in [2.75, 3.05) is 0 Å². The molecule has 0 bridgehead atoms. The van der Waals surface area contributed by atoms with Crippen molar-refractivity contribution in [1.29, 1.82) is 0 Å². The van der Waals surface area contributed by atoms with E-state index in [4.69, 9.17) is 0 Å². The molecule has 6 heteroatoms. The van der Waals surface area contributed by atoms with Crippen LogP contribution in [0.3, 0.4) is 0 Å². The van der Waals surface area contributed by atoms with Crippen molar-refractivity contribution in [1.82, 2.24) is 9.55 Å². The van der Waals surface area contributed by atoms with Crippen LogP contribution in [0.15, 0.2) is 6.20 Å². The van der Waals surface area contributed by atoms with Crippen molar-refractivity contribution >= 4 is 21.8 Å². The Balaban J connectivity index is 3.03. The van der Waals surface area contributed by atoms with Crippen LogP contribution in [-0.2, 0) is 6.54 Å². The van der Waals surface area contributed by atoms with E-state index in [0.29, 0.717) is 12.4 Å². The molecule has 0 aliphatic rings. The first-order valence-electron chi connectivity index (χ1n) is 3.44. The van der Waals surface area contributed by atoms with E-state index in [1.807, 2.05) is 0 Å². The molecule has 0 unspecified atom stereocenters. The van der Waals surface area contributed by atoms with Crippen LogP contribution in [0.1, 0.15) is 5.82 Å². The summed E-state index contributed by atoms with van der Waals surface area (Å²) in [4.78, 5) is 13.9. The Labute approximate surface area is 77.8 Å². The summed E-state index contributed by atoms with van der Waals surface area (Å²) in [7, 11) is 0. The van der Waals surface area contributed by atoms with E-state index in [0.717, 1.165) is 5.32 Å². The van der Waals surface area contributed by atoms with Gasteiger partial charge in [0.15, 0.2) is 0 Å². The van der Waals surface area contributed by atoms with Crippen LogP contribution in [0.4, 0.5) is 5.82 Å². The standard InChI is InChI=1S/C6H9N3O2Se/c1-5-7-4-6(9(10)11)8(5)2-3-12/h4,12H,2-3H2,1H3. The van der Waals surface area contributed by atoms with E-state index in [9.17, 15) is 10.1 Å². The summed E-state index contributed by atoms with van der Waals surface area (Å²) in [5.74, 6) is 0.756. The van der Waals surface area contributed by atoms with Crippen LogP contribution >= 0.6 is 0 Å². The third kappa shape index (κ3) is 1.65. The van der Waals surface area contributed by atoms with Crippen LogP contribution in [0, 0.1) is 17.0 Å². The SMILES string of the molecule is Cc1ncc([N+](=O)[O-])n1CC[SeH]. The van der Waals surface area contributed by atoms with E-state index in [2.05, 4.69) is 21.0 Å². The molecule has 0 fully saturated rings. The number of hydrogen-bond donors (Lipinski definition) is 0. The fourth-order valence-corrected chi connectivity index (χ4v) is 1.40. The van der Waals surface area contributed by atoms with Crippen molar-refractivity contribution in [2.24, 2.45) is 0 Å². The second-order valence-electron chi connectivity index (χ2n) is 2.30. The van der Waals surface area contributed by atoms with Crippen LogP contribution in [0.2, 0.25) is 5.32 Å². The Morgan fingerprint density at radius 1 is 1.83 bits per heavy atom. The molecule has 0 amide bonds. The Morgan fingerprint density at radius 3 is 3.00 bits per heavy atom. The van der Waals surface area contributed by atoms with E-state index in [1.165, 1.54) is 6.20 Å². The van der Waals surface area contributed by atoms with Gasteiger partial charge >= 0.3 is 77.2 Å². The average molecular weight is 234 g/mol. The first-order chi connectivity index (χ1) is 5.66. The first-order valence-corrected chi connectivity index (χ1v) is 4.77. The van der Waals surface area contributed by atoms with E-state index in [1.54, 1.807) is 11.5 Å². The quantitative estimate of drug-likeness (QED) is 0.432. The van der Waals surface area contributed by atoms with Crippen molar-refractivity contribution in [3.63, 3.8) is 0 Å². The van der Waals surface area contributed by atoms with Gasteiger partial charge in [0.05, 0.1) is 0 Å². The monoisotopic (exact) mass is 235 g/mol. The van der Waals surface area contributed by atoms with Gasteiger partial charge < -0.3 is 0 Å². The molecule has 5 nitrogen and oxygen atoms in total. The molecule has 12 heavy (non-hydrogen) atoms. The number of aryl methyl sites for hydroxylation is 1. The van der Waals surface area contributed by atoms with Crippen molar-refractivity contribution in [3.05, 3.63) is 22.1 Å². The number of aromatic nitrogens is 2. The summed E-state index contributed by atoms with van der Waals surface area (Å²) in [5, 5.41) is 11.3. The van der Waals surface area contributed by atoms with Gasteiger partial charge in [0.1, 0.15) is 0 Å². The molecule has 0 radical (unpaired) electrons. The molecule has 1 heterocycles. The van der Waals surface area contributed by atoms with Gasteiger partial charge in [0.2, 0.25) is 0 Å². The fourth-order valence-electron chi connectivity index (χ4n) is 0.978. The van der Waals surface area contributed by atoms with Crippen LogP contribution in [0.25, 0.3) is 0 Å². The van der Waals surface area contributed by atoms with Crippen LogP contribution in [0.5, 0.6) is 0 Å². The Bertz CT molecular complexity index is 297. The van der Waals surface area contributed by atoms with Gasteiger partial charge in [-0.25, -0.2) is 0 Å². The Kier molecular flexibility index (Phi) is 2.83. The van der Waals surface area contributed by atoms with Gasteiger partial charge in [0.25, 0.3) is 0 Å². The third-order valence-corrected chi connectivity index (χ3v) is 1.96. The summed E-state index contributed by atoms with van der Waals surface area (Å²) >= 11 is 2.39. The topological polar surface area (TPSA) is 61.0 Å². The summed E-state index contributed by atoms with van der Waals surface area (Å²) < 4.78 is 1.60. The molecule has 1 rings (SSSR count). The molecule has 0 spiro atoms. The van der Waals surface area contributed by atoms with Crippen molar-refractivity contribution in [3.8, 4) is 0 Å². The molecule has 0 aromatic carbocycles. The molecule has 1 aromatic heterocycles. The summed E-state index contributed by atoms with van der Waals surface area (Å²) in [6.07, 6.45) is 1.29.